The summed E-state index contributed by atoms with van der Waals surface area (Å²) in [5.41, 5.74) is 1.84. The Balaban J connectivity index is 1.53. The third-order valence-corrected chi connectivity index (χ3v) is 5.85. The van der Waals surface area contributed by atoms with E-state index in [2.05, 4.69) is 0 Å². The molecule has 0 saturated carbocycles. The maximum absolute atomic E-state index is 12.3. The Hall–Kier alpha value is -3.12. The van der Waals surface area contributed by atoms with Gasteiger partial charge in [-0.15, -0.1) is 0 Å². The summed E-state index contributed by atoms with van der Waals surface area (Å²) in [6.45, 7) is 2.67. The van der Waals surface area contributed by atoms with Crippen molar-refractivity contribution < 1.29 is 24.5 Å². The Morgan fingerprint density at radius 3 is 2.61 bits per heavy atom. The second-order valence-electron chi connectivity index (χ2n) is 8.57. The summed E-state index contributed by atoms with van der Waals surface area (Å²) in [4.78, 5) is 24.7. The molecule has 33 heavy (non-hydrogen) atoms. The Kier molecular flexibility index (Phi) is 9.07. The summed E-state index contributed by atoms with van der Waals surface area (Å²) in [6, 6.07) is 15.2. The van der Waals surface area contributed by atoms with Crippen LogP contribution in [0.2, 0.25) is 0 Å². The Morgan fingerprint density at radius 2 is 1.85 bits per heavy atom. The van der Waals surface area contributed by atoms with Crippen LogP contribution in [0, 0.1) is 6.92 Å². The number of carbonyl (C=O) groups excluding carboxylic acids is 1. The van der Waals surface area contributed by atoms with Crippen LogP contribution in [-0.4, -0.2) is 39.6 Å². The number of likely N-dealkylation sites (tertiary alicyclic amines) is 1. The molecule has 2 atom stereocenters. The lowest BCUT2D eigenvalue weighted by Crippen LogP contribution is -2.32. The zero-order valence-electron chi connectivity index (χ0n) is 19.2. The summed E-state index contributed by atoms with van der Waals surface area (Å²) in [7, 11) is 0. The van der Waals surface area contributed by atoms with Crippen molar-refractivity contribution in [1.29, 1.82) is 0 Å². The van der Waals surface area contributed by atoms with Crippen molar-refractivity contribution in [3.8, 4) is 11.5 Å². The minimum atomic E-state index is -0.792. The van der Waals surface area contributed by atoms with Crippen molar-refractivity contribution in [2.45, 2.75) is 64.0 Å². The molecule has 1 saturated heterocycles. The fourth-order valence-corrected chi connectivity index (χ4v) is 4.08. The predicted molar refractivity (Wildman–Crippen MR) is 127 cm³/mol. The highest BCUT2D eigenvalue weighted by molar-refractivity contribution is 5.79. The van der Waals surface area contributed by atoms with E-state index in [1.165, 1.54) is 0 Å². The average molecular weight is 452 g/mol. The maximum atomic E-state index is 12.3. The fourth-order valence-electron chi connectivity index (χ4n) is 4.08. The Labute approximate surface area is 195 Å². The topological polar surface area (TPSA) is 87.1 Å². The van der Waals surface area contributed by atoms with Gasteiger partial charge in [-0.05, 0) is 61.6 Å². The second-order valence-corrected chi connectivity index (χ2v) is 8.57. The quantitative estimate of drug-likeness (QED) is 0.333. The first-order valence-corrected chi connectivity index (χ1v) is 11.6. The zero-order chi connectivity index (χ0) is 23.6. The molecule has 0 aromatic heterocycles. The van der Waals surface area contributed by atoms with Gasteiger partial charge in [0.1, 0.15) is 11.5 Å². The highest BCUT2D eigenvalue weighted by Gasteiger charge is 2.28. The van der Waals surface area contributed by atoms with Gasteiger partial charge >= 0.3 is 5.97 Å². The number of aryl methyl sites for hydroxylation is 1. The van der Waals surface area contributed by atoms with Crippen molar-refractivity contribution in [3.05, 3.63) is 71.8 Å². The van der Waals surface area contributed by atoms with E-state index in [-0.39, 0.29) is 18.4 Å². The molecular weight excluding hydrogens is 418 g/mol. The van der Waals surface area contributed by atoms with Gasteiger partial charge in [-0.25, -0.2) is 0 Å². The van der Waals surface area contributed by atoms with Gasteiger partial charge in [0.25, 0.3) is 0 Å². The molecule has 1 heterocycles. The van der Waals surface area contributed by atoms with Crippen molar-refractivity contribution in [3.63, 3.8) is 0 Å². The van der Waals surface area contributed by atoms with Gasteiger partial charge in [-0.2, -0.15) is 0 Å². The van der Waals surface area contributed by atoms with Gasteiger partial charge in [-0.1, -0.05) is 49.3 Å². The van der Waals surface area contributed by atoms with Crippen molar-refractivity contribution in [2.75, 3.05) is 6.54 Å². The average Bonchev–Trinajstić information content (AvgIpc) is 3.13. The highest BCUT2D eigenvalue weighted by atomic mass is 16.5. The molecule has 6 nitrogen and oxygen atoms in total. The summed E-state index contributed by atoms with van der Waals surface area (Å²) >= 11 is 0. The number of unbranched alkanes of at least 4 members (excludes halogenated alkanes) is 3. The third kappa shape index (κ3) is 7.75. The van der Waals surface area contributed by atoms with E-state index in [9.17, 15) is 14.7 Å². The number of aliphatic hydroxyl groups excluding tert-OH is 1. The molecule has 2 aromatic rings. The minimum Gasteiger partial charge on any atom is -0.481 e. The molecule has 2 aromatic carbocycles. The smallest absolute Gasteiger partial charge is 0.303 e. The van der Waals surface area contributed by atoms with Crippen LogP contribution in [0.5, 0.6) is 11.5 Å². The SMILES string of the molecule is Cc1cccc(Oc2cccc(C(O)C=C[C@H]3CCC(=O)N3CCCCCCC(=O)O)c2)c1. The van der Waals surface area contributed by atoms with Crippen molar-refractivity contribution >= 4 is 11.9 Å². The second kappa shape index (κ2) is 12.2. The number of rotatable bonds is 12. The number of carboxylic acids is 1. The fraction of sp³-hybridized carbons (Fsp3) is 0.407. The van der Waals surface area contributed by atoms with E-state index < -0.39 is 12.1 Å². The molecule has 0 spiro atoms. The summed E-state index contributed by atoms with van der Waals surface area (Å²) in [5.74, 6) is 0.783. The minimum absolute atomic E-state index is 0.0158. The van der Waals surface area contributed by atoms with Gasteiger partial charge in [-0.3, -0.25) is 9.59 Å². The standard InChI is InChI=1S/C27H33NO5/c1-20-8-6-10-23(18-20)33-24-11-7-9-21(19-24)25(29)15-13-22-14-16-26(30)28(22)17-5-3-2-4-12-27(31)32/h6-11,13,15,18-19,22,25,29H,2-5,12,14,16-17H2,1H3,(H,31,32)/t22-,25?/m0/s1. The largest absolute Gasteiger partial charge is 0.481 e. The van der Waals surface area contributed by atoms with Gasteiger partial charge in [0.15, 0.2) is 0 Å². The molecule has 6 heteroatoms. The number of carboxylic acid groups (broad SMARTS) is 1. The lowest BCUT2D eigenvalue weighted by molar-refractivity contribution is -0.137. The number of ether oxygens (including phenoxy) is 1. The first-order valence-electron chi connectivity index (χ1n) is 11.6. The van der Waals surface area contributed by atoms with E-state index in [0.717, 1.165) is 42.6 Å². The van der Waals surface area contributed by atoms with Gasteiger partial charge in [0, 0.05) is 19.4 Å². The van der Waals surface area contributed by atoms with Crippen LogP contribution < -0.4 is 4.74 Å². The lowest BCUT2D eigenvalue weighted by atomic mass is 10.1. The Morgan fingerprint density at radius 1 is 1.12 bits per heavy atom. The number of nitrogens with zero attached hydrogens (tertiary/aromatic N) is 1. The first kappa shape index (κ1) is 24.5. The van der Waals surface area contributed by atoms with Crippen LogP contribution in [0.25, 0.3) is 0 Å². The van der Waals surface area contributed by atoms with Crippen LogP contribution in [0.15, 0.2) is 60.7 Å². The molecule has 3 rings (SSSR count). The Bertz CT molecular complexity index is 970. The van der Waals surface area contributed by atoms with E-state index in [1.807, 2.05) is 66.4 Å². The summed E-state index contributed by atoms with van der Waals surface area (Å²) < 4.78 is 5.92. The molecule has 1 aliphatic rings. The molecule has 0 aliphatic carbocycles. The third-order valence-electron chi connectivity index (χ3n) is 5.85. The predicted octanol–water partition coefficient (Wildman–Crippen LogP) is 5.40. The zero-order valence-corrected chi connectivity index (χ0v) is 19.2. The van der Waals surface area contributed by atoms with E-state index in [4.69, 9.17) is 9.84 Å². The molecule has 0 radical (unpaired) electrons. The highest BCUT2D eigenvalue weighted by Crippen LogP contribution is 2.27. The molecule has 2 N–H and O–H groups in total. The normalized spacial score (nSPS) is 17.0. The molecule has 1 aliphatic heterocycles. The van der Waals surface area contributed by atoms with Crippen molar-refractivity contribution in [1.82, 2.24) is 4.90 Å². The number of aliphatic carboxylic acids is 1. The van der Waals surface area contributed by atoms with Crippen LogP contribution in [0.1, 0.15) is 62.2 Å². The number of carbonyl (C=O) groups is 2. The first-order chi connectivity index (χ1) is 15.9. The van der Waals surface area contributed by atoms with Gasteiger partial charge in [0.2, 0.25) is 5.91 Å². The van der Waals surface area contributed by atoms with Crippen LogP contribution >= 0.6 is 0 Å². The van der Waals surface area contributed by atoms with Gasteiger partial charge < -0.3 is 19.8 Å². The molecule has 0 bridgehead atoms. The summed E-state index contributed by atoms with van der Waals surface area (Å²) in [6.07, 6.45) is 7.63. The number of hydrogen-bond acceptors (Lipinski definition) is 4. The maximum Gasteiger partial charge on any atom is 0.303 e. The number of benzene rings is 2. The number of hydrogen-bond donors (Lipinski definition) is 2. The van der Waals surface area contributed by atoms with E-state index >= 15 is 0 Å². The molecule has 1 amide bonds. The molecular formula is C27H33NO5. The summed E-state index contributed by atoms with van der Waals surface area (Å²) in [5, 5.41) is 19.4. The van der Waals surface area contributed by atoms with Crippen LogP contribution in [0.3, 0.4) is 0 Å². The van der Waals surface area contributed by atoms with E-state index in [0.29, 0.717) is 25.1 Å². The molecule has 1 fully saturated rings. The van der Waals surface area contributed by atoms with Gasteiger partial charge in [0.05, 0.1) is 12.1 Å². The molecule has 176 valence electrons. The van der Waals surface area contributed by atoms with E-state index in [1.54, 1.807) is 6.08 Å². The number of amides is 1. The number of aliphatic hydroxyl groups is 1. The lowest BCUT2D eigenvalue weighted by Gasteiger charge is -2.22. The molecule has 1 unspecified atom stereocenters. The van der Waals surface area contributed by atoms with Crippen molar-refractivity contribution in [2.24, 2.45) is 0 Å². The monoisotopic (exact) mass is 451 g/mol. The van der Waals surface area contributed by atoms with Crippen LogP contribution in [-0.2, 0) is 9.59 Å². The van der Waals surface area contributed by atoms with Crippen LogP contribution in [0.4, 0.5) is 0 Å².